The van der Waals surface area contributed by atoms with Gasteiger partial charge in [0.1, 0.15) is 6.07 Å². The molecule has 1 aliphatic heterocycles. The van der Waals surface area contributed by atoms with Gasteiger partial charge in [-0.05, 0) is 39.9 Å². The molecule has 1 aliphatic rings. The Morgan fingerprint density at radius 3 is 2.55 bits per heavy atom. The minimum absolute atomic E-state index is 0.176. The van der Waals surface area contributed by atoms with Gasteiger partial charge in [0.25, 0.3) is 0 Å². The van der Waals surface area contributed by atoms with Crippen molar-refractivity contribution in [2.75, 3.05) is 18.0 Å². The number of benzene rings is 1. The van der Waals surface area contributed by atoms with Gasteiger partial charge < -0.3 is 4.90 Å². The SMILES string of the molecule is CC(C)(C)C1=CCN(c2ccc(C#N)c(Br)c2F)CC1. The summed E-state index contributed by atoms with van der Waals surface area (Å²) in [7, 11) is 0. The predicted octanol–water partition coefficient (Wildman–Crippen LogP) is 4.64. The Labute approximate surface area is 128 Å². The Kier molecular flexibility index (Phi) is 4.19. The molecule has 1 aromatic carbocycles. The molecule has 0 aliphatic carbocycles. The summed E-state index contributed by atoms with van der Waals surface area (Å²) >= 11 is 3.16. The highest BCUT2D eigenvalue weighted by Gasteiger charge is 2.23. The fourth-order valence-electron chi connectivity index (χ4n) is 2.44. The molecule has 0 atom stereocenters. The van der Waals surface area contributed by atoms with Gasteiger partial charge in [0, 0.05) is 13.1 Å². The lowest BCUT2D eigenvalue weighted by molar-refractivity contribution is 0.471. The van der Waals surface area contributed by atoms with Crippen molar-refractivity contribution in [2.24, 2.45) is 5.41 Å². The van der Waals surface area contributed by atoms with E-state index >= 15 is 0 Å². The van der Waals surface area contributed by atoms with Gasteiger partial charge in [0.05, 0.1) is 15.7 Å². The van der Waals surface area contributed by atoms with Crippen LogP contribution in [0, 0.1) is 22.6 Å². The second-order valence-corrected chi connectivity index (χ2v) is 6.84. The van der Waals surface area contributed by atoms with Gasteiger partial charge in [0.2, 0.25) is 0 Å². The minimum Gasteiger partial charge on any atom is -0.365 e. The van der Waals surface area contributed by atoms with Crippen LogP contribution in [0.3, 0.4) is 0 Å². The highest BCUT2D eigenvalue weighted by atomic mass is 79.9. The first-order valence-electron chi connectivity index (χ1n) is 6.67. The second kappa shape index (κ2) is 5.57. The van der Waals surface area contributed by atoms with E-state index in [9.17, 15) is 4.39 Å². The van der Waals surface area contributed by atoms with Gasteiger partial charge >= 0.3 is 0 Å². The first-order valence-corrected chi connectivity index (χ1v) is 7.46. The molecule has 0 bridgehead atoms. The lowest BCUT2D eigenvalue weighted by Crippen LogP contribution is -2.31. The highest BCUT2D eigenvalue weighted by molar-refractivity contribution is 9.10. The zero-order valence-corrected chi connectivity index (χ0v) is 13.6. The molecule has 0 N–H and O–H groups in total. The van der Waals surface area contributed by atoms with Gasteiger partial charge in [-0.2, -0.15) is 5.26 Å². The predicted molar refractivity (Wildman–Crippen MR) is 83.2 cm³/mol. The molecule has 0 fully saturated rings. The molecule has 4 heteroatoms. The van der Waals surface area contributed by atoms with Crippen molar-refractivity contribution in [3.63, 3.8) is 0 Å². The molecule has 2 rings (SSSR count). The maximum absolute atomic E-state index is 14.3. The Balaban J connectivity index is 2.26. The van der Waals surface area contributed by atoms with Crippen molar-refractivity contribution in [3.8, 4) is 6.07 Å². The fraction of sp³-hybridized carbons (Fsp3) is 0.438. The van der Waals surface area contributed by atoms with Crippen molar-refractivity contribution in [1.29, 1.82) is 5.26 Å². The zero-order chi connectivity index (χ0) is 14.9. The second-order valence-electron chi connectivity index (χ2n) is 6.05. The lowest BCUT2D eigenvalue weighted by Gasteiger charge is -2.33. The highest BCUT2D eigenvalue weighted by Crippen LogP contribution is 2.34. The molecule has 20 heavy (non-hydrogen) atoms. The molecule has 1 heterocycles. The Morgan fingerprint density at radius 1 is 1.35 bits per heavy atom. The first kappa shape index (κ1) is 15.1. The van der Waals surface area contributed by atoms with Crippen molar-refractivity contribution in [3.05, 3.63) is 39.6 Å². The molecule has 1 aromatic rings. The molecule has 0 saturated carbocycles. The molecule has 0 radical (unpaired) electrons. The molecule has 0 amide bonds. The van der Waals surface area contributed by atoms with Crippen molar-refractivity contribution >= 4 is 21.6 Å². The number of anilines is 1. The van der Waals surface area contributed by atoms with Crippen LogP contribution >= 0.6 is 15.9 Å². The quantitative estimate of drug-likeness (QED) is 0.698. The summed E-state index contributed by atoms with van der Waals surface area (Å²) in [5.41, 5.74) is 2.48. The summed E-state index contributed by atoms with van der Waals surface area (Å²) < 4.78 is 14.6. The van der Waals surface area contributed by atoms with Crippen LogP contribution in [0.2, 0.25) is 0 Å². The monoisotopic (exact) mass is 336 g/mol. The van der Waals surface area contributed by atoms with E-state index in [4.69, 9.17) is 5.26 Å². The standard InChI is InChI=1S/C16H18BrFN2/c1-16(2,3)12-6-8-20(9-7-12)13-5-4-11(10-19)14(17)15(13)18/h4-6H,7-9H2,1-3H3. The van der Waals surface area contributed by atoms with Gasteiger partial charge in [-0.15, -0.1) is 0 Å². The van der Waals surface area contributed by atoms with E-state index in [0.717, 1.165) is 13.0 Å². The van der Waals surface area contributed by atoms with Crippen LogP contribution in [-0.2, 0) is 0 Å². The largest absolute Gasteiger partial charge is 0.365 e. The van der Waals surface area contributed by atoms with Crippen LogP contribution in [0.25, 0.3) is 0 Å². The average Bonchev–Trinajstić information content (AvgIpc) is 2.41. The van der Waals surface area contributed by atoms with E-state index in [1.54, 1.807) is 12.1 Å². The van der Waals surface area contributed by atoms with Crippen LogP contribution < -0.4 is 4.90 Å². The van der Waals surface area contributed by atoms with E-state index in [-0.39, 0.29) is 15.7 Å². The molecule has 0 spiro atoms. The third kappa shape index (κ3) is 2.88. The van der Waals surface area contributed by atoms with Crippen LogP contribution in [0.5, 0.6) is 0 Å². The molecule has 0 saturated heterocycles. The number of hydrogen-bond donors (Lipinski definition) is 0. The summed E-state index contributed by atoms with van der Waals surface area (Å²) in [6.07, 6.45) is 3.13. The average molecular weight is 337 g/mol. The van der Waals surface area contributed by atoms with Gasteiger partial charge in [-0.25, -0.2) is 4.39 Å². The number of halogens is 2. The first-order chi connectivity index (χ1) is 9.34. The van der Waals surface area contributed by atoms with Crippen LogP contribution in [0.15, 0.2) is 28.3 Å². The summed E-state index contributed by atoms with van der Waals surface area (Å²) in [5, 5.41) is 8.90. The maximum atomic E-state index is 14.3. The third-order valence-corrected chi connectivity index (χ3v) is 4.47. The Hall–Kier alpha value is -1.34. The summed E-state index contributed by atoms with van der Waals surface area (Å²) in [4.78, 5) is 2.01. The van der Waals surface area contributed by atoms with E-state index in [2.05, 4.69) is 42.8 Å². The van der Waals surface area contributed by atoms with Gasteiger partial charge in [-0.3, -0.25) is 0 Å². The van der Waals surface area contributed by atoms with Gasteiger partial charge in [0.15, 0.2) is 5.82 Å². The zero-order valence-electron chi connectivity index (χ0n) is 12.0. The van der Waals surface area contributed by atoms with Gasteiger partial charge in [-0.1, -0.05) is 32.4 Å². The molecular weight excluding hydrogens is 319 g/mol. The topological polar surface area (TPSA) is 27.0 Å². The molecular formula is C16H18BrFN2. The van der Waals surface area contributed by atoms with Crippen molar-refractivity contribution in [2.45, 2.75) is 27.2 Å². The van der Waals surface area contributed by atoms with Crippen molar-refractivity contribution in [1.82, 2.24) is 0 Å². The normalized spacial score (nSPS) is 15.8. The Bertz CT molecular complexity index is 594. The third-order valence-electron chi connectivity index (χ3n) is 3.70. The van der Waals surface area contributed by atoms with Crippen molar-refractivity contribution < 1.29 is 4.39 Å². The number of nitrogens with zero attached hydrogens (tertiary/aromatic N) is 2. The lowest BCUT2D eigenvalue weighted by atomic mass is 9.83. The molecule has 2 nitrogen and oxygen atoms in total. The van der Waals surface area contributed by atoms with Crippen LogP contribution in [0.4, 0.5) is 10.1 Å². The maximum Gasteiger partial charge on any atom is 0.161 e. The fourth-order valence-corrected chi connectivity index (χ4v) is 2.86. The van der Waals surface area contributed by atoms with E-state index in [0.29, 0.717) is 17.8 Å². The molecule has 106 valence electrons. The smallest absolute Gasteiger partial charge is 0.161 e. The van der Waals surface area contributed by atoms with Crippen LogP contribution in [0.1, 0.15) is 32.8 Å². The Morgan fingerprint density at radius 2 is 2.05 bits per heavy atom. The van der Waals surface area contributed by atoms with E-state index in [1.165, 1.54) is 5.57 Å². The molecule has 0 aromatic heterocycles. The number of nitriles is 1. The number of hydrogen-bond acceptors (Lipinski definition) is 2. The summed E-state index contributed by atoms with van der Waals surface area (Å²) in [6.45, 7) is 8.12. The summed E-state index contributed by atoms with van der Waals surface area (Å²) in [6, 6.07) is 5.32. The molecule has 0 unspecified atom stereocenters. The van der Waals surface area contributed by atoms with E-state index in [1.807, 2.05) is 11.0 Å². The van der Waals surface area contributed by atoms with E-state index < -0.39 is 0 Å². The minimum atomic E-state index is -0.350. The summed E-state index contributed by atoms with van der Waals surface area (Å²) in [5.74, 6) is -0.350. The van der Waals surface area contributed by atoms with Crippen LogP contribution in [-0.4, -0.2) is 13.1 Å². The number of rotatable bonds is 1.